The van der Waals surface area contributed by atoms with Crippen molar-refractivity contribution in [3.8, 4) is 0 Å². The van der Waals surface area contributed by atoms with E-state index in [-0.39, 0.29) is 0 Å². The summed E-state index contributed by atoms with van der Waals surface area (Å²) in [5.74, 6) is 0. The van der Waals surface area contributed by atoms with Gasteiger partial charge in [-0.05, 0) is 12.8 Å². The lowest BCUT2D eigenvalue weighted by molar-refractivity contribution is 0.517. The Morgan fingerprint density at radius 1 is 0.400 bits per heavy atom. The van der Waals surface area contributed by atoms with E-state index in [1.807, 2.05) is 6.08 Å². The van der Waals surface area contributed by atoms with E-state index in [0.29, 0.717) is 0 Å². The summed E-state index contributed by atoms with van der Waals surface area (Å²) in [6.45, 7) is 7.62. The lowest BCUT2D eigenvalue weighted by Crippen LogP contribution is -1.84. The SMILES string of the molecule is [CH]=CC=CCCCCCCCCCCCCCCCCCCCCCCCCCC. The zero-order chi connectivity index (χ0) is 21.8. The highest BCUT2D eigenvalue weighted by Gasteiger charge is 1.96. The van der Waals surface area contributed by atoms with Gasteiger partial charge in [-0.1, -0.05) is 179 Å². The number of rotatable bonds is 26. The number of hydrogen-bond donors (Lipinski definition) is 0. The van der Waals surface area contributed by atoms with Gasteiger partial charge in [0.15, 0.2) is 0 Å². The molecule has 0 bridgehead atoms. The van der Waals surface area contributed by atoms with Gasteiger partial charge in [-0.2, -0.15) is 0 Å². The molecule has 0 heteroatoms. The minimum absolute atomic E-state index is 1.19. The van der Waals surface area contributed by atoms with Crippen LogP contribution in [0.3, 0.4) is 0 Å². The maximum Gasteiger partial charge on any atom is -0.0348 e. The van der Waals surface area contributed by atoms with Crippen LogP contribution in [0, 0.1) is 6.58 Å². The van der Waals surface area contributed by atoms with Crippen molar-refractivity contribution in [1.82, 2.24) is 0 Å². The number of unbranched alkanes of at least 4 members (excludes halogenated alkanes) is 24. The first-order valence-electron chi connectivity index (χ1n) is 14.1. The average molecular weight is 418 g/mol. The van der Waals surface area contributed by atoms with Crippen molar-refractivity contribution in [2.45, 2.75) is 167 Å². The second kappa shape index (κ2) is 28.5. The van der Waals surface area contributed by atoms with Crippen LogP contribution < -0.4 is 0 Å². The van der Waals surface area contributed by atoms with Gasteiger partial charge in [0.1, 0.15) is 0 Å². The summed E-state index contributed by atoms with van der Waals surface area (Å²) in [5.41, 5.74) is 0. The monoisotopic (exact) mass is 417 g/mol. The van der Waals surface area contributed by atoms with Crippen LogP contribution in [0.15, 0.2) is 18.2 Å². The molecule has 0 atom stereocenters. The molecule has 0 spiro atoms. The third-order valence-corrected chi connectivity index (χ3v) is 6.47. The Kier molecular flexibility index (Phi) is 28.0. The first-order valence-corrected chi connectivity index (χ1v) is 14.1. The third-order valence-electron chi connectivity index (χ3n) is 6.47. The van der Waals surface area contributed by atoms with Gasteiger partial charge in [0.25, 0.3) is 0 Å². The van der Waals surface area contributed by atoms with Crippen LogP contribution in [0.1, 0.15) is 167 Å². The first-order chi connectivity index (χ1) is 14.9. The molecule has 0 saturated heterocycles. The predicted octanol–water partition coefficient (Wildman–Crippen LogP) is 11.3. The molecule has 0 rings (SSSR count). The number of hydrogen-bond acceptors (Lipinski definition) is 0. The van der Waals surface area contributed by atoms with E-state index in [9.17, 15) is 0 Å². The maximum absolute atomic E-state index is 5.32. The second-order valence-corrected chi connectivity index (χ2v) is 9.54. The summed E-state index contributed by atoms with van der Waals surface area (Å²) in [5, 5.41) is 0. The molecule has 1 radical (unpaired) electrons. The Bertz CT molecular complexity index is 327. The first kappa shape index (κ1) is 29.5. The van der Waals surface area contributed by atoms with Crippen LogP contribution in [-0.4, -0.2) is 0 Å². The molecule has 177 valence electrons. The standard InChI is InChI=1S/C30H57/c1-3-5-7-9-11-13-15-17-19-21-23-25-27-29-30-28-26-24-22-20-18-16-14-12-10-8-6-4-2/h1,3,5,7H,4,6,8-30H2,2H3. The smallest absolute Gasteiger partial charge is 0.0348 e. The molecule has 0 aromatic heterocycles. The summed E-state index contributed by atoms with van der Waals surface area (Å²) in [4.78, 5) is 0. The van der Waals surface area contributed by atoms with Crippen LogP contribution in [-0.2, 0) is 0 Å². The molecule has 0 aromatic carbocycles. The van der Waals surface area contributed by atoms with Crippen LogP contribution in [0.2, 0.25) is 0 Å². The van der Waals surface area contributed by atoms with E-state index in [2.05, 4.69) is 13.0 Å². The Balaban J connectivity index is 3.00. The summed E-state index contributed by atoms with van der Waals surface area (Å²) in [6, 6.07) is 0. The van der Waals surface area contributed by atoms with Crippen LogP contribution in [0.4, 0.5) is 0 Å². The Morgan fingerprint density at radius 3 is 0.933 bits per heavy atom. The maximum atomic E-state index is 5.32. The molecule has 0 aliphatic carbocycles. The van der Waals surface area contributed by atoms with Crippen molar-refractivity contribution in [2.24, 2.45) is 0 Å². The van der Waals surface area contributed by atoms with Crippen molar-refractivity contribution in [3.63, 3.8) is 0 Å². The van der Waals surface area contributed by atoms with Crippen molar-refractivity contribution in [3.05, 3.63) is 24.8 Å². The second-order valence-electron chi connectivity index (χ2n) is 9.54. The average Bonchev–Trinajstić information content (AvgIpc) is 2.76. The highest BCUT2D eigenvalue weighted by atomic mass is 14.0. The molecule has 0 aliphatic rings. The van der Waals surface area contributed by atoms with Gasteiger partial charge in [-0.15, -0.1) is 0 Å². The molecule has 0 amide bonds. The van der Waals surface area contributed by atoms with Crippen LogP contribution >= 0.6 is 0 Å². The lowest BCUT2D eigenvalue weighted by atomic mass is 10.0. The Labute approximate surface area is 192 Å². The molecule has 0 aliphatic heterocycles. The quantitative estimate of drug-likeness (QED) is 0.0969. The largest absolute Gasteiger partial charge is 0.0845 e. The summed E-state index contributed by atoms with van der Waals surface area (Å²) in [7, 11) is 0. The van der Waals surface area contributed by atoms with Gasteiger partial charge >= 0.3 is 0 Å². The fourth-order valence-electron chi connectivity index (χ4n) is 4.40. The molecule has 0 fully saturated rings. The third kappa shape index (κ3) is 27.5. The molecule has 0 aromatic rings. The van der Waals surface area contributed by atoms with E-state index in [1.54, 1.807) is 6.08 Å². The zero-order valence-corrected chi connectivity index (χ0v) is 21.0. The van der Waals surface area contributed by atoms with Gasteiger partial charge in [-0.3, -0.25) is 0 Å². The van der Waals surface area contributed by atoms with E-state index in [0.717, 1.165) is 0 Å². The normalized spacial score (nSPS) is 11.5. The molecule has 0 N–H and O–H groups in total. The highest BCUT2D eigenvalue weighted by Crippen LogP contribution is 2.15. The minimum Gasteiger partial charge on any atom is -0.0845 e. The van der Waals surface area contributed by atoms with E-state index >= 15 is 0 Å². The van der Waals surface area contributed by atoms with Crippen molar-refractivity contribution >= 4 is 0 Å². The lowest BCUT2D eigenvalue weighted by Gasteiger charge is -2.04. The zero-order valence-electron chi connectivity index (χ0n) is 21.0. The van der Waals surface area contributed by atoms with Gasteiger partial charge in [0.2, 0.25) is 0 Å². The fraction of sp³-hybridized carbons (Fsp3) is 0.867. The van der Waals surface area contributed by atoms with E-state index in [1.165, 1.54) is 161 Å². The van der Waals surface area contributed by atoms with Crippen molar-refractivity contribution in [1.29, 1.82) is 0 Å². The van der Waals surface area contributed by atoms with E-state index in [4.69, 9.17) is 6.58 Å². The minimum atomic E-state index is 1.19. The summed E-state index contributed by atoms with van der Waals surface area (Å²) in [6.07, 6.45) is 41.9. The van der Waals surface area contributed by atoms with Gasteiger partial charge in [0, 0.05) is 0 Å². The molecular weight excluding hydrogens is 360 g/mol. The Hall–Kier alpha value is -0.520. The van der Waals surface area contributed by atoms with Crippen molar-refractivity contribution in [2.75, 3.05) is 0 Å². The van der Waals surface area contributed by atoms with Crippen LogP contribution in [0.25, 0.3) is 0 Å². The molecule has 0 unspecified atom stereocenters. The van der Waals surface area contributed by atoms with E-state index < -0.39 is 0 Å². The fourth-order valence-corrected chi connectivity index (χ4v) is 4.40. The molecule has 30 heavy (non-hydrogen) atoms. The van der Waals surface area contributed by atoms with Gasteiger partial charge in [0.05, 0.1) is 0 Å². The Morgan fingerprint density at radius 2 is 0.667 bits per heavy atom. The topological polar surface area (TPSA) is 0 Å². The molecule has 0 saturated carbocycles. The predicted molar refractivity (Wildman–Crippen MR) is 139 cm³/mol. The highest BCUT2D eigenvalue weighted by molar-refractivity contribution is 4.95. The molecule has 0 nitrogen and oxygen atoms in total. The summed E-state index contributed by atoms with van der Waals surface area (Å²) >= 11 is 0. The summed E-state index contributed by atoms with van der Waals surface area (Å²) < 4.78 is 0. The van der Waals surface area contributed by atoms with Crippen LogP contribution in [0.5, 0.6) is 0 Å². The van der Waals surface area contributed by atoms with Gasteiger partial charge in [-0.25, -0.2) is 0 Å². The van der Waals surface area contributed by atoms with Crippen molar-refractivity contribution < 1.29 is 0 Å². The number of allylic oxidation sites excluding steroid dienone is 3. The van der Waals surface area contributed by atoms with Gasteiger partial charge < -0.3 is 0 Å². The molecular formula is C30H57. The molecule has 0 heterocycles.